The summed E-state index contributed by atoms with van der Waals surface area (Å²) in [6.45, 7) is 3.95. The minimum Gasteiger partial charge on any atom is -0.324 e. The molecule has 1 heterocycles. The van der Waals surface area contributed by atoms with Crippen LogP contribution in [0.3, 0.4) is 0 Å². The third kappa shape index (κ3) is 3.03. The number of nitrogens with zero attached hydrogens (tertiary/aromatic N) is 1. The van der Waals surface area contributed by atoms with Crippen LogP contribution in [0.4, 0.5) is 0 Å². The zero-order valence-corrected chi connectivity index (χ0v) is 10.8. The molecular formula is C12H21N3S. The first-order valence-corrected chi connectivity index (χ1v) is 6.97. The highest BCUT2D eigenvalue weighted by Gasteiger charge is 2.28. The van der Waals surface area contributed by atoms with Gasteiger partial charge < -0.3 is 11.1 Å². The molecule has 1 aromatic heterocycles. The normalized spacial score (nSPS) is 19.1. The summed E-state index contributed by atoms with van der Waals surface area (Å²) < 4.78 is 0. The van der Waals surface area contributed by atoms with Gasteiger partial charge in [-0.25, -0.2) is 4.98 Å². The Morgan fingerprint density at radius 2 is 2.25 bits per heavy atom. The van der Waals surface area contributed by atoms with E-state index in [-0.39, 0.29) is 5.54 Å². The minimum atomic E-state index is 0.0465. The predicted molar refractivity (Wildman–Crippen MR) is 68.6 cm³/mol. The molecule has 1 aliphatic rings. The SMILES string of the molecule is CCc1cnc(CNCC2(N)CCCC2)s1. The molecule has 4 heteroatoms. The Bertz CT molecular complexity index is 329. The minimum absolute atomic E-state index is 0.0465. The Hall–Kier alpha value is -0.450. The van der Waals surface area contributed by atoms with E-state index in [1.54, 1.807) is 11.3 Å². The highest BCUT2D eigenvalue weighted by atomic mass is 32.1. The summed E-state index contributed by atoms with van der Waals surface area (Å²) in [6, 6.07) is 0. The lowest BCUT2D eigenvalue weighted by atomic mass is 9.99. The molecule has 0 aliphatic heterocycles. The number of thiazole rings is 1. The maximum atomic E-state index is 6.28. The fourth-order valence-electron chi connectivity index (χ4n) is 2.27. The van der Waals surface area contributed by atoms with Crippen LogP contribution < -0.4 is 11.1 Å². The van der Waals surface area contributed by atoms with Gasteiger partial charge in [-0.2, -0.15) is 0 Å². The van der Waals surface area contributed by atoms with Crippen molar-refractivity contribution in [2.24, 2.45) is 5.73 Å². The summed E-state index contributed by atoms with van der Waals surface area (Å²) in [4.78, 5) is 5.75. The summed E-state index contributed by atoms with van der Waals surface area (Å²) in [5.74, 6) is 0. The van der Waals surface area contributed by atoms with Crippen molar-refractivity contribution in [1.29, 1.82) is 0 Å². The van der Waals surface area contributed by atoms with Crippen molar-refractivity contribution in [3.05, 3.63) is 16.1 Å². The number of nitrogens with two attached hydrogens (primary N) is 1. The molecule has 90 valence electrons. The Kier molecular flexibility index (Phi) is 3.95. The second kappa shape index (κ2) is 5.25. The van der Waals surface area contributed by atoms with Crippen LogP contribution in [-0.2, 0) is 13.0 Å². The Morgan fingerprint density at radius 3 is 2.88 bits per heavy atom. The van der Waals surface area contributed by atoms with Crippen LogP contribution in [0.15, 0.2) is 6.20 Å². The molecule has 3 nitrogen and oxygen atoms in total. The molecule has 0 atom stereocenters. The fourth-order valence-corrected chi connectivity index (χ4v) is 3.10. The average molecular weight is 239 g/mol. The molecule has 0 amide bonds. The second-order valence-electron chi connectivity index (χ2n) is 4.75. The van der Waals surface area contributed by atoms with Crippen LogP contribution in [0, 0.1) is 0 Å². The Labute approximate surface area is 101 Å². The summed E-state index contributed by atoms with van der Waals surface area (Å²) >= 11 is 1.80. The molecule has 1 fully saturated rings. The van der Waals surface area contributed by atoms with Crippen LogP contribution in [0.25, 0.3) is 0 Å². The molecule has 0 spiro atoms. The molecule has 16 heavy (non-hydrogen) atoms. The van der Waals surface area contributed by atoms with Gasteiger partial charge in [0.25, 0.3) is 0 Å². The lowest BCUT2D eigenvalue weighted by Crippen LogP contribution is -2.46. The lowest BCUT2D eigenvalue weighted by Gasteiger charge is -2.23. The topological polar surface area (TPSA) is 50.9 Å². The molecule has 1 aliphatic carbocycles. The number of rotatable bonds is 5. The van der Waals surface area contributed by atoms with Gasteiger partial charge in [0.05, 0.1) is 0 Å². The van der Waals surface area contributed by atoms with E-state index in [1.807, 2.05) is 6.20 Å². The highest BCUT2D eigenvalue weighted by Crippen LogP contribution is 2.26. The van der Waals surface area contributed by atoms with E-state index in [0.717, 1.165) is 32.4 Å². The van der Waals surface area contributed by atoms with Crippen LogP contribution in [0.1, 0.15) is 42.5 Å². The van der Waals surface area contributed by atoms with Gasteiger partial charge in [-0.05, 0) is 19.3 Å². The van der Waals surface area contributed by atoms with Crippen LogP contribution in [0.5, 0.6) is 0 Å². The molecule has 3 N–H and O–H groups in total. The summed E-state index contributed by atoms with van der Waals surface area (Å²) in [6.07, 6.45) is 7.97. The molecule has 0 unspecified atom stereocenters. The molecule has 0 saturated heterocycles. The average Bonchev–Trinajstić information content (AvgIpc) is 2.88. The van der Waals surface area contributed by atoms with Crippen LogP contribution in [0.2, 0.25) is 0 Å². The predicted octanol–water partition coefficient (Wildman–Crippen LogP) is 2.07. The van der Waals surface area contributed by atoms with E-state index < -0.39 is 0 Å². The molecule has 1 saturated carbocycles. The third-order valence-corrected chi connectivity index (χ3v) is 4.44. The first kappa shape index (κ1) is 12.0. The standard InChI is InChI=1S/C12H21N3S/c1-2-10-7-15-11(16-10)8-14-9-12(13)5-3-4-6-12/h7,14H,2-6,8-9,13H2,1H3. The van der Waals surface area contributed by atoms with Crippen molar-refractivity contribution >= 4 is 11.3 Å². The van der Waals surface area contributed by atoms with Gasteiger partial charge in [0.2, 0.25) is 0 Å². The molecule has 0 bridgehead atoms. The molecule has 0 aromatic carbocycles. The second-order valence-corrected chi connectivity index (χ2v) is 5.95. The van der Waals surface area contributed by atoms with E-state index in [1.165, 1.54) is 22.7 Å². The maximum Gasteiger partial charge on any atom is 0.107 e. The molecular weight excluding hydrogens is 218 g/mol. The monoisotopic (exact) mass is 239 g/mol. The van der Waals surface area contributed by atoms with Gasteiger partial charge in [-0.1, -0.05) is 19.8 Å². The van der Waals surface area contributed by atoms with Crippen molar-refractivity contribution in [3.63, 3.8) is 0 Å². The van der Waals surface area contributed by atoms with E-state index in [2.05, 4.69) is 17.2 Å². The van der Waals surface area contributed by atoms with E-state index in [0.29, 0.717) is 0 Å². The summed E-state index contributed by atoms with van der Waals surface area (Å²) in [7, 11) is 0. The van der Waals surface area contributed by atoms with Gasteiger partial charge in [0, 0.05) is 29.7 Å². The number of aryl methyl sites for hydroxylation is 1. The van der Waals surface area contributed by atoms with Crippen LogP contribution in [-0.4, -0.2) is 17.1 Å². The zero-order chi connectivity index (χ0) is 11.4. The van der Waals surface area contributed by atoms with E-state index >= 15 is 0 Å². The third-order valence-electron chi connectivity index (χ3n) is 3.30. The van der Waals surface area contributed by atoms with Gasteiger partial charge in [-0.15, -0.1) is 11.3 Å². The maximum absolute atomic E-state index is 6.28. The quantitative estimate of drug-likeness (QED) is 0.827. The van der Waals surface area contributed by atoms with Gasteiger partial charge in [0.15, 0.2) is 0 Å². The van der Waals surface area contributed by atoms with Gasteiger partial charge in [0.1, 0.15) is 5.01 Å². The van der Waals surface area contributed by atoms with Gasteiger partial charge >= 0.3 is 0 Å². The van der Waals surface area contributed by atoms with Crippen molar-refractivity contribution in [1.82, 2.24) is 10.3 Å². The van der Waals surface area contributed by atoms with Crippen molar-refractivity contribution in [2.45, 2.75) is 51.1 Å². The smallest absolute Gasteiger partial charge is 0.107 e. The lowest BCUT2D eigenvalue weighted by molar-refractivity contribution is 0.404. The summed E-state index contributed by atoms with van der Waals surface area (Å²) in [5, 5.41) is 4.62. The van der Waals surface area contributed by atoms with Gasteiger partial charge in [-0.3, -0.25) is 0 Å². The number of hydrogen-bond acceptors (Lipinski definition) is 4. The largest absolute Gasteiger partial charge is 0.324 e. The zero-order valence-electron chi connectivity index (χ0n) is 9.96. The Morgan fingerprint density at radius 1 is 1.50 bits per heavy atom. The highest BCUT2D eigenvalue weighted by molar-refractivity contribution is 7.11. The number of aromatic nitrogens is 1. The first-order valence-electron chi connectivity index (χ1n) is 6.15. The van der Waals surface area contributed by atoms with Crippen molar-refractivity contribution in [3.8, 4) is 0 Å². The molecule has 0 radical (unpaired) electrons. The van der Waals surface area contributed by atoms with Crippen molar-refractivity contribution in [2.75, 3.05) is 6.54 Å². The molecule has 1 aromatic rings. The fraction of sp³-hybridized carbons (Fsp3) is 0.750. The van der Waals surface area contributed by atoms with E-state index in [9.17, 15) is 0 Å². The van der Waals surface area contributed by atoms with Crippen molar-refractivity contribution < 1.29 is 0 Å². The summed E-state index contributed by atoms with van der Waals surface area (Å²) in [5.41, 5.74) is 6.32. The number of nitrogens with one attached hydrogen (secondary N) is 1. The van der Waals surface area contributed by atoms with E-state index in [4.69, 9.17) is 5.73 Å². The Balaban J connectivity index is 1.75. The first-order chi connectivity index (χ1) is 7.72. The number of hydrogen-bond donors (Lipinski definition) is 2. The van der Waals surface area contributed by atoms with Crippen LogP contribution >= 0.6 is 11.3 Å². The molecule has 2 rings (SSSR count).